The maximum atomic E-state index is 12.1. The third kappa shape index (κ3) is 3.82. The molecule has 0 atom stereocenters. The van der Waals surface area contributed by atoms with Gasteiger partial charge in [-0.2, -0.15) is 0 Å². The number of carbonyl (C=O) groups is 1. The standard InChI is InChI=1S/C16H17N3O2/c1-11-5-4-6-12(9-11)10-15(20)18-14-8-3-2-7-13(14)16(17)19-21/h2-9,21H,10H2,1H3,(H2,17,19)(H,18,20). The Balaban J connectivity index is 2.13. The average Bonchev–Trinajstić information content (AvgIpc) is 2.47. The Morgan fingerprint density at radius 2 is 2.00 bits per heavy atom. The normalized spacial score (nSPS) is 11.2. The molecule has 0 spiro atoms. The number of nitrogens with one attached hydrogen (secondary N) is 1. The van der Waals surface area contributed by atoms with Crippen molar-refractivity contribution in [1.29, 1.82) is 0 Å². The molecule has 5 nitrogen and oxygen atoms in total. The molecule has 2 aromatic rings. The molecule has 4 N–H and O–H groups in total. The first-order chi connectivity index (χ1) is 10.1. The highest BCUT2D eigenvalue weighted by atomic mass is 16.4. The molecule has 0 aromatic heterocycles. The summed E-state index contributed by atoms with van der Waals surface area (Å²) in [4.78, 5) is 12.1. The zero-order chi connectivity index (χ0) is 15.2. The van der Waals surface area contributed by atoms with Crippen LogP contribution in [0.4, 0.5) is 5.69 Å². The smallest absolute Gasteiger partial charge is 0.228 e. The van der Waals surface area contributed by atoms with E-state index in [1.807, 2.05) is 31.2 Å². The molecule has 2 aromatic carbocycles. The zero-order valence-electron chi connectivity index (χ0n) is 11.7. The number of amidine groups is 1. The molecule has 0 radical (unpaired) electrons. The molecule has 0 aliphatic carbocycles. The van der Waals surface area contributed by atoms with Crippen LogP contribution >= 0.6 is 0 Å². The number of hydrogen-bond acceptors (Lipinski definition) is 3. The molecule has 0 heterocycles. The van der Waals surface area contributed by atoms with Crippen molar-refractivity contribution in [2.75, 3.05) is 5.32 Å². The maximum Gasteiger partial charge on any atom is 0.228 e. The van der Waals surface area contributed by atoms with E-state index in [4.69, 9.17) is 10.9 Å². The number of amides is 1. The van der Waals surface area contributed by atoms with Crippen molar-refractivity contribution < 1.29 is 10.0 Å². The lowest BCUT2D eigenvalue weighted by atomic mass is 10.1. The van der Waals surface area contributed by atoms with Crippen LogP contribution in [0, 0.1) is 6.92 Å². The van der Waals surface area contributed by atoms with Gasteiger partial charge in [0.15, 0.2) is 5.84 Å². The summed E-state index contributed by atoms with van der Waals surface area (Å²) in [7, 11) is 0. The monoisotopic (exact) mass is 283 g/mol. The lowest BCUT2D eigenvalue weighted by Crippen LogP contribution is -2.20. The summed E-state index contributed by atoms with van der Waals surface area (Å²) < 4.78 is 0. The minimum atomic E-state index is -0.154. The molecule has 21 heavy (non-hydrogen) atoms. The topological polar surface area (TPSA) is 87.7 Å². The van der Waals surface area contributed by atoms with E-state index in [0.29, 0.717) is 11.3 Å². The summed E-state index contributed by atoms with van der Waals surface area (Å²) >= 11 is 0. The second-order valence-electron chi connectivity index (χ2n) is 4.74. The quantitative estimate of drug-likeness (QED) is 0.348. The van der Waals surface area contributed by atoms with Crippen LogP contribution in [-0.4, -0.2) is 17.0 Å². The summed E-state index contributed by atoms with van der Waals surface area (Å²) in [6.07, 6.45) is 0.270. The molecule has 108 valence electrons. The molecule has 1 amide bonds. The molecular weight excluding hydrogens is 266 g/mol. The Labute approximate surface area is 123 Å². The summed E-state index contributed by atoms with van der Waals surface area (Å²) in [6, 6.07) is 14.7. The van der Waals surface area contributed by atoms with Crippen LogP contribution in [0.1, 0.15) is 16.7 Å². The highest BCUT2D eigenvalue weighted by molar-refractivity contribution is 6.05. The van der Waals surface area contributed by atoms with E-state index >= 15 is 0 Å². The fourth-order valence-corrected chi connectivity index (χ4v) is 2.07. The van der Waals surface area contributed by atoms with E-state index < -0.39 is 0 Å². The molecule has 0 aliphatic rings. The molecular formula is C16H17N3O2. The number of hydrogen-bond donors (Lipinski definition) is 3. The number of para-hydroxylation sites is 1. The lowest BCUT2D eigenvalue weighted by molar-refractivity contribution is -0.115. The molecule has 0 bridgehead atoms. The van der Waals surface area contributed by atoms with E-state index in [2.05, 4.69) is 10.5 Å². The van der Waals surface area contributed by atoms with E-state index in [1.54, 1.807) is 24.3 Å². The van der Waals surface area contributed by atoms with Crippen molar-refractivity contribution in [2.24, 2.45) is 10.9 Å². The molecule has 2 rings (SSSR count). The predicted molar refractivity (Wildman–Crippen MR) is 82.5 cm³/mol. The Kier molecular flexibility index (Phi) is 4.56. The zero-order valence-corrected chi connectivity index (χ0v) is 11.7. The number of nitrogens with two attached hydrogens (primary N) is 1. The Morgan fingerprint density at radius 3 is 2.71 bits per heavy atom. The molecule has 0 aliphatic heterocycles. The van der Waals surface area contributed by atoms with Crippen LogP contribution in [0.2, 0.25) is 0 Å². The predicted octanol–water partition coefficient (Wildman–Crippen LogP) is 2.27. The average molecular weight is 283 g/mol. The van der Waals surface area contributed by atoms with E-state index in [1.165, 1.54) is 0 Å². The Bertz CT molecular complexity index is 681. The fourth-order valence-electron chi connectivity index (χ4n) is 2.07. The van der Waals surface area contributed by atoms with E-state index in [-0.39, 0.29) is 18.2 Å². The molecule has 0 unspecified atom stereocenters. The SMILES string of the molecule is Cc1cccc(CC(=O)Nc2ccccc2C(N)=NO)c1. The lowest BCUT2D eigenvalue weighted by Gasteiger charge is -2.10. The maximum absolute atomic E-state index is 12.1. The third-order valence-corrected chi connectivity index (χ3v) is 3.03. The van der Waals surface area contributed by atoms with Gasteiger partial charge in [-0.05, 0) is 24.6 Å². The van der Waals surface area contributed by atoms with Gasteiger partial charge in [0.25, 0.3) is 0 Å². The number of rotatable bonds is 4. The first-order valence-corrected chi connectivity index (χ1v) is 6.52. The highest BCUT2D eigenvalue weighted by Crippen LogP contribution is 2.15. The van der Waals surface area contributed by atoms with Crippen molar-refractivity contribution in [3.63, 3.8) is 0 Å². The molecule has 0 fully saturated rings. The van der Waals surface area contributed by atoms with Gasteiger partial charge in [0.05, 0.1) is 12.1 Å². The highest BCUT2D eigenvalue weighted by Gasteiger charge is 2.10. The van der Waals surface area contributed by atoms with Crippen molar-refractivity contribution in [3.8, 4) is 0 Å². The number of anilines is 1. The van der Waals surface area contributed by atoms with Crippen LogP contribution in [0.15, 0.2) is 53.7 Å². The van der Waals surface area contributed by atoms with Gasteiger partial charge < -0.3 is 16.3 Å². The van der Waals surface area contributed by atoms with Crippen molar-refractivity contribution in [1.82, 2.24) is 0 Å². The minimum Gasteiger partial charge on any atom is -0.409 e. The van der Waals surface area contributed by atoms with Crippen molar-refractivity contribution >= 4 is 17.4 Å². The van der Waals surface area contributed by atoms with Gasteiger partial charge >= 0.3 is 0 Å². The van der Waals surface area contributed by atoms with Crippen LogP contribution in [0.5, 0.6) is 0 Å². The molecule has 5 heteroatoms. The first-order valence-electron chi connectivity index (χ1n) is 6.52. The third-order valence-electron chi connectivity index (χ3n) is 3.03. The van der Waals surface area contributed by atoms with E-state index in [0.717, 1.165) is 11.1 Å². The Morgan fingerprint density at radius 1 is 1.24 bits per heavy atom. The van der Waals surface area contributed by atoms with Gasteiger partial charge in [0.2, 0.25) is 5.91 Å². The van der Waals surface area contributed by atoms with Crippen LogP contribution in [0.3, 0.4) is 0 Å². The number of benzene rings is 2. The first kappa shape index (κ1) is 14.6. The number of carbonyl (C=O) groups excluding carboxylic acids is 1. The molecule has 0 saturated carbocycles. The van der Waals surface area contributed by atoms with Crippen molar-refractivity contribution in [3.05, 3.63) is 65.2 Å². The van der Waals surface area contributed by atoms with Gasteiger partial charge in [0.1, 0.15) is 0 Å². The summed E-state index contributed by atoms with van der Waals surface area (Å²) in [6.45, 7) is 1.98. The van der Waals surface area contributed by atoms with Gasteiger partial charge in [-0.15, -0.1) is 0 Å². The number of oxime groups is 1. The van der Waals surface area contributed by atoms with Gasteiger partial charge in [-0.25, -0.2) is 0 Å². The summed E-state index contributed by atoms with van der Waals surface area (Å²) in [5.41, 5.74) is 8.64. The van der Waals surface area contributed by atoms with Gasteiger partial charge in [0, 0.05) is 5.56 Å². The second-order valence-corrected chi connectivity index (χ2v) is 4.74. The van der Waals surface area contributed by atoms with Crippen LogP contribution in [0.25, 0.3) is 0 Å². The number of nitrogens with zero attached hydrogens (tertiary/aromatic N) is 1. The summed E-state index contributed by atoms with van der Waals surface area (Å²) in [5.74, 6) is -0.194. The van der Waals surface area contributed by atoms with Crippen molar-refractivity contribution in [2.45, 2.75) is 13.3 Å². The fraction of sp³-hybridized carbons (Fsp3) is 0.125. The van der Waals surface area contributed by atoms with Crippen LogP contribution < -0.4 is 11.1 Å². The minimum absolute atomic E-state index is 0.0403. The van der Waals surface area contributed by atoms with E-state index in [9.17, 15) is 4.79 Å². The number of aryl methyl sites for hydroxylation is 1. The Hall–Kier alpha value is -2.82. The summed E-state index contributed by atoms with van der Waals surface area (Å²) in [5, 5.41) is 14.5. The largest absolute Gasteiger partial charge is 0.409 e. The van der Waals surface area contributed by atoms with Gasteiger partial charge in [-0.3, -0.25) is 4.79 Å². The molecule has 0 saturated heterocycles. The second kappa shape index (κ2) is 6.56. The van der Waals surface area contributed by atoms with Gasteiger partial charge in [-0.1, -0.05) is 47.1 Å². The van der Waals surface area contributed by atoms with Crippen LogP contribution in [-0.2, 0) is 11.2 Å².